The van der Waals surface area contributed by atoms with Gasteiger partial charge in [-0.2, -0.15) is 4.58 Å². The van der Waals surface area contributed by atoms with Crippen molar-refractivity contribution in [3.05, 3.63) is 108 Å². The number of allylic oxidation sites excluding steroid dienone is 7. The number of hydrogen-bond acceptors (Lipinski definition) is 2. The number of fused-ring (bicyclic) bond motifs is 2. The van der Waals surface area contributed by atoms with Gasteiger partial charge in [0.2, 0.25) is 5.69 Å². The Balaban J connectivity index is 1.56. The normalized spacial score (nSPS) is 20.0. The van der Waals surface area contributed by atoms with Gasteiger partial charge in [-0.05, 0) is 50.6 Å². The van der Waals surface area contributed by atoms with Crippen molar-refractivity contribution in [2.24, 2.45) is 0 Å². The lowest BCUT2D eigenvalue weighted by Crippen LogP contribution is -2.26. The van der Waals surface area contributed by atoms with Crippen LogP contribution in [-0.2, 0) is 15.6 Å². The van der Waals surface area contributed by atoms with Crippen molar-refractivity contribution in [2.75, 3.05) is 25.6 Å². The molecular formula is C31H37N2O+. The van der Waals surface area contributed by atoms with Gasteiger partial charge >= 0.3 is 0 Å². The Morgan fingerprint density at radius 1 is 0.941 bits per heavy atom. The number of benzene rings is 2. The summed E-state index contributed by atoms with van der Waals surface area (Å²) >= 11 is 0. The van der Waals surface area contributed by atoms with Gasteiger partial charge in [0.05, 0.1) is 12.0 Å². The standard InChI is InChI=1S/C31H37N2O/c1-8-34-23(15-13-21-28-30(2,3)24-17-9-11-19-26(24)32(28)6)16-14-22-29-31(4,5)25-18-10-12-20-27(25)33(29)7/h9-22H,8H2,1-7H3/q+1. The minimum Gasteiger partial charge on any atom is -0.494 e. The first-order valence-electron chi connectivity index (χ1n) is 12.1. The minimum atomic E-state index is -0.0324. The van der Waals surface area contributed by atoms with Crippen LogP contribution in [0.2, 0.25) is 0 Å². The first kappa shape index (κ1) is 23.8. The Hall–Kier alpha value is -3.33. The zero-order chi connectivity index (χ0) is 24.5. The molecule has 0 atom stereocenters. The van der Waals surface area contributed by atoms with E-state index in [-0.39, 0.29) is 10.8 Å². The molecule has 176 valence electrons. The van der Waals surface area contributed by atoms with E-state index in [2.05, 4.69) is 136 Å². The Kier molecular flexibility index (Phi) is 6.40. The van der Waals surface area contributed by atoms with Crippen molar-refractivity contribution in [2.45, 2.75) is 45.4 Å². The van der Waals surface area contributed by atoms with Crippen molar-refractivity contribution >= 4 is 17.1 Å². The van der Waals surface area contributed by atoms with Crippen molar-refractivity contribution in [1.82, 2.24) is 0 Å². The average molecular weight is 454 g/mol. The lowest BCUT2D eigenvalue weighted by atomic mass is 9.81. The predicted octanol–water partition coefficient (Wildman–Crippen LogP) is 7.04. The summed E-state index contributed by atoms with van der Waals surface area (Å²) in [5.41, 5.74) is 7.76. The smallest absolute Gasteiger partial charge is 0.209 e. The predicted molar refractivity (Wildman–Crippen MR) is 144 cm³/mol. The zero-order valence-electron chi connectivity index (χ0n) is 21.6. The SMILES string of the molecule is CCOC(C=CC=C1N(C)c2ccccc2C1(C)C)=CC=CC1=[N+](C)c2ccccc2C1(C)C. The third-order valence-corrected chi connectivity index (χ3v) is 7.22. The van der Waals surface area contributed by atoms with E-state index in [1.54, 1.807) is 0 Å². The number of hydrogen-bond donors (Lipinski definition) is 0. The molecule has 0 unspecified atom stereocenters. The summed E-state index contributed by atoms with van der Waals surface area (Å²) in [6, 6.07) is 17.3. The van der Waals surface area contributed by atoms with Gasteiger partial charge in [-0.3, -0.25) is 0 Å². The summed E-state index contributed by atoms with van der Waals surface area (Å²) in [5, 5.41) is 0. The number of para-hydroxylation sites is 2. The van der Waals surface area contributed by atoms with Crippen LogP contribution in [0.3, 0.4) is 0 Å². The molecular weight excluding hydrogens is 416 g/mol. The molecule has 0 bridgehead atoms. The second-order valence-corrected chi connectivity index (χ2v) is 10.1. The third kappa shape index (κ3) is 4.04. The van der Waals surface area contributed by atoms with Gasteiger partial charge in [-0.1, -0.05) is 62.4 Å². The molecule has 2 aliphatic heterocycles. The van der Waals surface area contributed by atoms with Crippen LogP contribution in [0, 0.1) is 0 Å². The van der Waals surface area contributed by atoms with E-state index in [1.165, 1.54) is 33.9 Å². The highest BCUT2D eigenvalue weighted by molar-refractivity contribution is 6.03. The van der Waals surface area contributed by atoms with Crippen LogP contribution in [0.15, 0.2) is 96.4 Å². The molecule has 0 radical (unpaired) electrons. The summed E-state index contributed by atoms with van der Waals surface area (Å²) < 4.78 is 8.20. The zero-order valence-corrected chi connectivity index (χ0v) is 21.6. The van der Waals surface area contributed by atoms with Gasteiger partial charge in [0.1, 0.15) is 12.8 Å². The van der Waals surface area contributed by atoms with Crippen LogP contribution in [0.5, 0.6) is 0 Å². The molecule has 2 aromatic rings. The molecule has 2 heterocycles. The van der Waals surface area contributed by atoms with Gasteiger partial charge in [0, 0.05) is 41.6 Å². The molecule has 0 saturated carbocycles. The molecule has 0 amide bonds. The molecule has 0 spiro atoms. The molecule has 34 heavy (non-hydrogen) atoms. The maximum atomic E-state index is 5.91. The maximum absolute atomic E-state index is 5.91. The van der Waals surface area contributed by atoms with Crippen LogP contribution in [0.4, 0.5) is 11.4 Å². The van der Waals surface area contributed by atoms with E-state index >= 15 is 0 Å². The molecule has 4 rings (SSSR count). The molecule has 0 aliphatic carbocycles. The summed E-state index contributed by atoms with van der Waals surface area (Å²) in [6.45, 7) is 11.8. The highest BCUT2D eigenvalue weighted by atomic mass is 16.5. The van der Waals surface area contributed by atoms with Gasteiger partial charge in [0.15, 0.2) is 5.71 Å². The van der Waals surface area contributed by atoms with E-state index in [1.807, 2.05) is 6.92 Å². The summed E-state index contributed by atoms with van der Waals surface area (Å²) in [6.07, 6.45) is 12.7. The summed E-state index contributed by atoms with van der Waals surface area (Å²) in [5.74, 6) is 0.850. The van der Waals surface area contributed by atoms with Crippen LogP contribution in [0.25, 0.3) is 0 Å². The first-order valence-corrected chi connectivity index (χ1v) is 12.1. The summed E-state index contributed by atoms with van der Waals surface area (Å²) in [7, 11) is 4.29. The van der Waals surface area contributed by atoms with Gasteiger partial charge in [-0.15, -0.1) is 0 Å². The van der Waals surface area contributed by atoms with Crippen molar-refractivity contribution < 1.29 is 9.31 Å². The van der Waals surface area contributed by atoms with Crippen LogP contribution < -0.4 is 4.90 Å². The molecule has 2 aromatic carbocycles. The largest absolute Gasteiger partial charge is 0.494 e. The fourth-order valence-electron chi connectivity index (χ4n) is 5.39. The Morgan fingerprint density at radius 2 is 1.62 bits per heavy atom. The second-order valence-electron chi connectivity index (χ2n) is 10.1. The van der Waals surface area contributed by atoms with Gasteiger partial charge in [0.25, 0.3) is 0 Å². The fraction of sp³-hybridized carbons (Fsp3) is 0.323. The molecule has 3 nitrogen and oxygen atoms in total. The Bertz CT molecular complexity index is 1240. The van der Waals surface area contributed by atoms with E-state index < -0.39 is 0 Å². The van der Waals surface area contributed by atoms with Gasteiger partial charge in [-0.25, -0.2) is 0 Å². The molecule has 0 saturated heterocycles. The number of likely N-dealkylation sites (N-methyl/N-ethyl adjacent to an activating group) is 1. The third-order valence-electron chi connectivity index (χ3n) is 7.22. The Morgan fingerprint density at radius 3 is 2.29 bits per heavy atom. The molecule has 2 aliphatic rings. The maximum Gasteiger partial charge on any atom is 0.209 e. The molecule has 3 heteroatoms. The lowest BCUT2D eigenvalue weighted by Gasteiger charge is -2.23. The Labute approximate surface area is 205 Å². The fourth-order valence-corrected chi connectivity index (χ4v) is 5.39. The monoisotopic (exact) mass is 453 g/mol. The van der Waals surface area contributed by atoms with Crippen LogP contribution >= 0.6 is 0 Å². The number of anilines is 1. The second kappa shape index (κ2) is 9.13. The van der Waals surface area contributed by atoms with Crippen molar-refractivity contribution in [3.8, 4) is 0 Å². The van der Waals surface area contributed by atoms with E-state index in [0.717, 1.165) is 5.76 Å². The lowest BCUT2D eigenvalue weighted by molar-refractivity contribution is -0.401. The topological polar surface area (TPSA) is 15.5 Å². The molecule has 0 aromatic heterocycles. The highest BCUT2D eigenvalue weighted by Crippen LogP contribution is 2.46. The molecule has 0 fully saturated rings. The average Bonchev–Trinajstić information content (AvgIpc) is 3.13. The number of rotatable bonds is 6. The van der Waals surface area contributed by atoms with Crippen LogP contribution in [0.1, 0.15) is 45.7 Å². The molecule has 0 N–H and O–H groups in total. The first-order chi connectivity index (χ1) is 16.2. The van der Waals surface area contributed by atoms with Crippen molar-refractivity contribution in [3.63, 3.8) is 0 Å². The van der Waals surface area contributed by atoms with E-state index in [9.17, 15) is 0 Å². The minimum absolute atomic E-state index is 0.0324. The highest BCUT2D eigenvalue weighted by Gasteiger charge is 2.42. The van der Waals surface area contributed by atoms with Gasteiger partial charge < -0.3 is 9.64 Å². The van der Waals surface area contributed by atoms with E-state index in [0.29, 0.717) is 6.61 Å². The van der Waals surface area contributed by atoms with Crippen LogP contribution in [-0.4, -0.2) is 31.0 Å². The quantitative estimate of drug-likeness (QED) is 0.265. The van der Waals surface area contributed by atoms with Crippen molar-refractivity contribution in [1.29, 1.82) is 0 Å². The number of ether oxygens (including phenoxy) is 1. The number of nitrogens with zero attached hydrogens (tertiary/aromatic N) is 2. The van der Waals surface area contributed by atoms with E-state index in [4.69, 9.17) is 4.74 Å². The summed E-state index contributed by atoms with van der Waals surface area (Å²) in [4.78, 5) is 2.29.